The number of rotatable bonds is 5. The average molecular weight is 423 g/mol. The summed E-state index contributed by atoms with van der Waals surface area (Å²) in [5.74, 6) is 1.01. The van der Waals surface area contributed by atoms with Gasteiger partial charge in [-0.05, 0) is 54.9 Å². The molecule has 3 aromatic rings. The summed E-state index contributed by atoms with van der Waals surface area (Å²) in [6.07, 6.45) is 3.94. The van der Waals surface area contributed by atoms with E-state index in [0.717, 1.165) is 0 Å². The fourth-order valence-electron chi connectivity index (χ4n) is 2.47. The molecule has 0 radical (unpaired) electrons. The highest BCUT2D eigenvalue weighted by Crippen LogP contribution is 2.26. The van der Waals surface area contributed by atoms with Crippen LogP contribution in [0.25, 0.3) is 11.3 Å². The van der Waals surface area contributed by atoms with Crippen molar-refractivity contribution < 1.29 is 19.2 Å². The summed E-state index contributed by atoms with van der Waals surface area (Å²) in [7, 11) is 1.58. The van der Waals surface area contributed by atoms with Crippen LogP contribution >= 0.6 is 0 Å². The van der Waals surface area contributed by atoms with Gasteiger partial charge in [-0.2, -0.15) is 0 Å². The first kappa shape index (κ1) is 21.6. The molecule has 1 amide bonds. The molecule has 0 bridgehead atoms. The molecule has 0 aliphatic heterocycles. The zero-order chi connectivity index (χ0) is 22.6. The predicted octanol–water partition coefficient (Wildman–Crippen LogP) is 4.61. The van der Waals surface area contributed by atoms with E-state index in [2.05, 4.69) is 15.0 Å². The van der Waals surface area contributed by atoms with Gasteiger partial charge in [0.1, 0.15) is 17.2 Å². The summed E-state index contributed by atoms with van der Waals surface area (Å²) >= 11 is 0. The molecule has 3 heterocycles. The van der Waals surface area contributed by atoms with E-state index in [1.54, 1.807) is 64.5 Å². The van der Waals surface area contributed by atoms with Gasteiger partial charge in [0.25, 0.3) is 0 Å². The van der Waals surface area contributed by atoms with Crippen LogP contribution < -0.4 is 9.64 Å². The van der Waals surface area contributed by atoms with Gasteiger partial charge >= 0.3 is 11.9 Å². The first-order valence-corrected chi connectivity index (χ1v) is 9.30. The van der Waals surface area contributed by atoms with Crippen molar-refractivity contribution in [3.63, 3.8) is 0 Å². The average Bonchev–Trinajstić information content (AvgIpc) is 2.73. The molecule has 10 heteroatoms. The van der Waals surface area contributed by atoms with Crippen molar-refractivity contribution in [3.8, 4) is 22.8 Å². The molecule has 31 heavy (non-hydrogen) atoms. The molecule has 0 N–H and O–H groups in total. The Morgan fingerprint density at radius 3 is 2.39 bits per heavy atom. The van der Waals surface area contributed by atoms with E-state index in [0.29, 0.717) is 28.6 Å². The number of nitro groups is 1. The number of carbonyl (C=O) groups excluding carboxylic acids is 1. The summed E-state index contributed by atoms with van der Waals surface area (Å²) in [5.41, 5.74) is 0.717. The molecule has 3 rings (SSSR count). The maximum atomic E-state index is 12.2. The summed E-state index contributed by atoms with van der Waals surface area (Å²) in [6.45, 7) is 5.38. The minimum atomic E-state index is -0.602. The number of hydrogen-bond donors (Lipinski definition) is 0. The number of nitrogens with zero attached hydrogens (tertiary/aromatic N) is 5. The molecule has 0 spiro atoms. The Kier molecular flexibility index (Phi) is 6.10. The molecule has 0 aliphatic carbocycles. The number of aromatic nitrogens is 3. The molecule has 0 atom stereocenters. The number of pyridine rings is 3. The SMILES string of the molecule is CN(C(=O)OC(C)(C)C)c1ccc(-c2cc(Oc3ccc([N+](=O)[O-])nc3)ccn2)cn1. The highest BCUT2D eigenvalue weighted by molar-refractivity contribution is 5.86. The van der Waals surface area contributed by atoms with E-state index >= 15 is 0 Å². The van der Waals surface area contributed by atoms with Crippen molar-refractivity contribution in [2.45, 2.75) is 26.4 Å². The van der Waals surface area contributed by atoms with Crippen molar-refractivity contribution in [3.05, 3.63) is 65.1 Å². The minimum absolute atomic E-state index is 0.259. The number of amides is 1. The summed E-state index contributed by atoms with van der Waals surface area (Å²) in [4.78, 5) is 36.0. The molecule has 160 valence electrons. The van der Waals surface area contributed by atoms with Gasteiger partial charge in [-0.25, -0.2) is 9.78 Å². The van der Waals surface area contributed by atoms with Gasteiger partial charge in [0, 0.05) is 37.1 Å². The van der Waals surface area contributed by atoms with Crippen LogP contribution in [-0.4, -0.2) is 38.6 Å². The lowest BCUT2D eigenvalue weighted by Crippen LogP contribution is -2.34. The topological polar surface area (TPSA) is 121 Å². The van der Waals surface area contributed by atoms with Crippen molar-refractivity contribution in [1.82, 2.24) is 15.0 Å². The number of hydrogen-bond acceptors (Lipinski definition) is 8. The third kappa shape index (κ3) is 5.72. The highest BCUT2D eigenvalue weighted by atomic mass is 16.6. The lowest BCUT2D eigenvalue weighted by Gasteiger charge is -2.24. The van der Waals surface area contributed by atoms with E-state index in [4.69, 9.17) is 9.47 Å². The second kappa shape index (κ2) is 8.74. The number of ether oxygens (including phenoxy) is 2. The van der Waals surface area contributed by atoms with Crippen LogP contribution in [0.3, 0.4) is 0 Å². The molecule has 0 unspecified atom stereocenters. The van der Waals surface area contributed by atoms with Crippen LogP contribution in [0.2, 0.25) is 0 Å². The van der Waals surface area contributed by atoms with E-state index in [9.17, 15) is 14.9 Å². The smallest absolute Gasteiger partial charge is 0.415 e. The molecule has 10 nitrogen and oxygen atoms in total. The van der Waals surface area contributed by atoms with Crippen LogP contribution in [0.15, 0.2) is 55.0 Å². The standard InChI is InChI=1S/C21H21N5O5/c1-21(2,3)31-20(27)25(4)18-7-5-14(12-23-18)17-11-15(9-10-22-17)30-16-6-8-19(24-13-16)26(28)29/h5-13H,1-4H3. The predicted molar refractivity (Wildman–Crippen MR) is 113 cm³/mol. The van der Waals surface area contributed by atoms with Crippen LogP contribution in [0.5, 0.6) is 11.5 Å². The summed E-state index contributed by atoms with van der Waals surface area (Å²) in [5, 5.41) is 10.7. The van der Waals surface area contributed by atoms with Crippen molar-refractivity contribution >= 4 is 17.7 Å². The maximum absolute atomic E-state index is 12.2. The van der Waals surface area contributed by atoms with Crippen LogP contribution in [0, 0.1) is 10.1 Å². The second-order valence-electron chi connectivity index (χ2n) is 7.53. The van der Waals surface area contributed by atoms with Gasteiger partial charge in [-0.3, -0.25) is 9.88 Å². The zero-order valence-corrected chi connectivity index (χ0v) is 17.5. The highest BCUT2D eigenvalue weighted by Gasteiger charge is 2.21. The second-order valence-corrected chi connectivity index (χ2v) is 7.53. The Bertz CT molecular complexity index is 1080. The molecule has 0 aromatic carbocycles. The Balaban J connectivity index is 1.73. The lowest BCUT2D eigenvalue weighted by atomic mass is 10.2. The fraction of sp³-hybridized carbons (Fsp3) is 0.238. The molecule has 0 fully saturated rings. The van der Waals surface area contributed by atoms with Gasteiger partial charge < -0.3 is 19.6 Å². The molecule has 0 saturated heterocycles. The van der Waals surface area contributed by atoms with E-state index in [-0.39, 0.29) is 5.82 Å². The lowest BCUT2D eigenvalue weighted by molar-refractivity contribution is -0.389. The Morgan fingerprint density at radius 1 is 1.03 bits per heavy atom. The molecular formula is C21H21N5O5. The van der Waals surface area contributed by atoms with Crippen LogP contribution in [0.1, 0.15) is 20.8 Å². The number of carbonyl (C=O) groups is 1. The molecular weight excluding hydrogens is 402 g/mol. The minimum Gasteiger partial charge on any atom is -0.453 e. The Morgan fingerprint density at radius 2 is 1.81 bits per heavy atom. The zero-order valence-electron chi connectivity index (χ0n) is 17.5. The van der Waals surface area contributed by atoms with Crippen LogP contribution in [0.4, 0.5) is 16.4 Å². The van der Waals surface area contributed by atoms with E-state index < -0.39 is 16.6 Å². The summed E-state index contributed by atoms with van der Waals surface area (Å²) < 4.78 is 11.0. The third-order valence-electron chi connectivity index (χ3n) is 3.93. The largest absolute Gasteiger partial charge is 0.453 e. The van der Waals surface area contributed by atoms with Gasteiger partial charge in [0.05, 0.1) is 5.69 Å². The Hall–Kier alpha value is -4.08. The van der Waals surface area contributed by atoms with E-state index in [1.807, 2.05) is 0 Å². The molecule has 0 aliphatic rings. The molecule has 3 aromatic heterocycles. The molecule has 0 saturated carbocycles. The first-order valence-electron chi connectivity index (χ1n) is 9.30. The monoisotopic (exact) mass is 423 g/mol. The summed E-state index contributed by atoms with van der Waals surface area (Å²) in [6, 6.07) is 9.56. The normalized spacial score (nSPS) is 11.0. The van der Waals surface area contributed by atoms with Crippen molar-refractivity contribution in [2.24, 2.45) is 0 Å². The van der Waals surface area contributed by atoms with Crippen LogP contribution in [-0.2, 0) is 4.74 Å². The van der Waals surface area contributed by atoms with Gasteiger partial charge in [-0.15, -0.1) is 0 Å². The van der Waals surface area contributed by atoms with E-state index in [1.165, 1.54) is 23.2 Å². The quantitative estimate of drug-likeness (QED) is 0.431. The van der Waals surface area contributed by atoms with Gasteiger partial charge in [0.15, 0.2) is 11.9 Å². The van der Waals surface area contributed by atoms with Gasteiger partial charge in [-0.1, -0.05) is 0 Å². The van der Waals surface area contributed by atoms with Crippen molar-refractivity contribution in [1.29, 1.82) is 0 Å². The third-order valence-corrected chi connectivity index (χ3v) is 3.93. The maximum Gasteiger partial charge on any atom is 0.415 e. The fourth-order valence-corrected chi connectivity index (χ4v) is 2.47. The number of anilines is 1. The van der Waals surface area contributed by atoms with Crippen molar-refractivity contribution in [2.75, 3.05) is 11.9 Å². The van der Waals surface area contributed by atoms with Gasteiger partial charge in [0.2, 0.25) is 0 Å². The first-order chi connectivity index (χ1) is 14.6. The Labute approximate surface area is 178 Å².